The number of benzene rings is 3. The van der Waals surface area contributed by atoms with Crippen LogP contribution in [0.15, 0.2) is 72.3 Å². The molecule has 4 nitrogen and oxygen atoms in total. The Morgan fingerprint density at radius 1 is 0.903 bits per heavy atom. The number of nitrogens with zero attached hydrogens (tertiary/aromatic N) is 1. The van der Waals surface area contributed by atoms with Crippen molar-refractivity contribution < 1.29 is 19.1 Å². The van der Waals surface area contributed by atoms with E-state index in [1.165, 1.54) is 36.4 Å². The lowest BCUT2D eigenvalue weighted by Crippen LogP contribution is -2.29. The van der Waals surface area contributed by atoms with Crippen LogP contribution in [0.4, 0.5) is 10.1 Å². The van der Waals surface area contributed by atoms with Gasteiger partial charge < -0.3 is 5.11 Å². The van der Waals surface area contributed by atoms with E-state index in [2.05, 4.69) is 0 Å². The molecule has 0 spiro atoms. The SMILES string of the molecule is O=C1C(=O)N(c2cccc(F)c2)C(c2ccc(Cl)cc2)/C1=C(\O)c1ccc(Cl)c(Cl)c1. The number of Topliss-reactive ketones (excluding diaryl/α,β-unsaturated/α-hetero) is 1. The van der Waals surface area contributed by atoms with Gasteiger partial charge in [-0.15, -0.1) is 0 Å². The molecule has 0 radical (unpaired) electrons. The third-order valence-corrected chi connectivity index (χ3v) is 5.90. The van der Waals surface area contributed by atoms with Crippen LogP contribution in [-0.4, -0.2) is 16.8 Å². The van der Waals surface area contributed by atoms with Crippen molar-refractivity contribution in [2.45, 2.75) is 6.04 Å². The Morgan fingerprint density at radius 3 is 2.26 bits per heavy atom. The number of hydrogen-bond donors (Lipinski definition) is 1. The molecule has 3 aromatic rings. The largest absolute Gasteiger partial charge is 0.507 e. The maximum absolute atomic E-state index is 13.9. The van der Waals surface area contributed by atoms with Crippen LogP contribution in [0.25, 0.3) is 5.76 Å². The highest BCUT2D eigenvalue weighted by Gasteiger charge is 2.47. The molecule has 1 aliphatic heterocycles. The molecule has 1 unspecified atom stereocenters. The number of aliphatic hydroxyl groups is 1. The predicted molar refractivity (Wildman–Crippen MR) is 119 cm³/mol. The number of hydrogen-bond acceptors (Lipinski definition) is 3. The molecule has 1 atom stereocenters. The highest BCUT2D eigenvalue weighted by atomic mass is 35.5. The Kier molecular flexibility index (Phi) is 5.75. The first-order valence-electron chi connectivity index (χ1n) is 9.05. The minimum absolute atomic E-state index is 0.157. The van der Waals surface area contributed by atoms with Crippen LogP contribution in [0.3, 0.4) is 0 Å². The van der Waals surface area contributed by atoms with Crippen molar-refractivity contribution in [1.82, 2.24) is 0 Å². The molecule has 1 heterocycles. The highest BCUT2D eigenvalue weighted by Crippen LogP contribution is 2.42. The van der Waals surface area contributed by atoms with Gasteiger partial charge in [0.15, 0.2) is 0 Å². The van der Waals surface area contributed by atoms with Crippen LogP contribution in [0.2, 0.25) is 15.1 Å². The van der Waals surface area contributed by atoms with E-state index in [1.54, 1.807) is 24.3 Å². The van der Waals surface area contributed by atoms with Crippen molar-refractivity contribution >= 4 is 57.9 Å². The lowest BCUT2D eigenvalue weighted by molar-refractivity contribution is -0.132. The monoisotopic (exact) mass is 475 g/mol. The van der Waals surface area contributed by atoms with E-state index in [-0.39, 0.29) is 26.9 Å². The molecular weight excluding hydrogens is 464 g/mol. The van der Waals surface area contributed by atoms with Gasteiger partial charge in [0.1, 0.15) is 11.6 Å². The van der Waals surface area contributed by atoms with Gasteiger partial charge in [-0.1, -0.05) is 53.0 Å². The molecule has 0 saturated carbocycles. The van der Waals surface area contributed by atoms with Gasteiger partial charge in [-0.3, -0.25) is 14.5 Å². The molecule has 8 heteroatoms. The Labute approximate surface area is 192 Å². The number of ketones is 1. The first-order valence-corrected chi connectivity index (χ1v) is 10.2. The van der Waals surface area contributed by atoms with Crippen molar-refractivity contribution in [2.75, 3.05) is 4.90 Å². The molecule has 156 valence electrons. The third-order valence-electron chi connectivity index (χ3n) is 4.91. The fraction of sp³-hybridized carbons (Fsp3) is 0.0435. The van der Waals surface area contributed by atoms with E-state index in [4.69, 9.17) is 34.8 Å². The zero-order chi connectivity index (χ0) is 22.3. The minimum atomic E-state index is -1.01. The molecule has 31 heavy (non-hydrogen) atoms. The van der Waals surface area contributed by atoms with Crippen molar-refractivity contribution in [3.8, 4) is 0 Å². The van der Waals surface area contributed by atoms with Crippen LogP contribution in [0, 0.1) is 5.82 Å². The highest BCUT2D eigenvalue weighted by molar-refractivity contribution is 6.51. The summed E-state index contributed by atoms with van der Waals surface area (Å²) in [7, 11) is 0. The molecule has 0 bridgehead atoms. The topological polar surface area (TPSA) is 57.6 Å². The first kappa shape index (κ1) is 21.4. The van der Waals surface area contributed by atoms with Gasteiger partial charge in [0, 0.05) is 16.3 Å². The van der Waals surface area contributed by atoms with Crippen LogP contribution in [0.5, 0.6) is 0 Å². The minimum Gasteiger partial charge on any atom is -0.507 e. The normalized spacial score (nSPS) is 17.9. The van der Waals surface area contributed by atoms with Crippen molar-refractivity contribution in [3.05, 3.63) is 104 Å². The molecule has 1 fully saturated rings. The smallest absolute Gasteiger partial charge is 0.300 e. The van der Waals surface area contributed by atoms with Crippen LogP contribution < -0.4 is 4.90 Å². The van der Waals surface area contributed by atoms with Crippen molar-refractivity contribution in [2.24, 2.45) is 0 Å². The summed E-state index contributed by atoms with van der Waals surface area (Å²) in [4.78, 5) is 27.1. The number of carbonyl (C=O) groups excluding carboxylic acids is 2. The van der Waals surface area contributed by atoms with Crippen molar-refractivity contribution in [1.29, 1.82) is 0 Å². The van der Waals surface area contributed by atoms with E-state index in [0.717, 1.165) is 11.0 Å². The summed E-state index contributed by atoms with van der Waals surface area (Å²) < 4.78 is 13.9. The van der Waals surface area contributed by atoms with Gasteiger partial charge >= 0.3 is 0 Å². The molecule has 4 rings (SSSR count). The van der Waals surface area contributed by atoms with E-state index in [0.29, 0.717) is 10.6 Å². The summed E-state index contributed by atoms with van der Waals surface area (Å²) in [6, 6.07) is 15.1. The summed E-state index contributed by atoms with van der Waals surface area (Å²) in [6.07, 6.45) is 0. The number of carbonyl (C=O) groups is 2. The second kappa shape index (κ2) is 8.35. The van der Waals surface area contributed by atoms with E-state index >= 15 is 0 Å². The molecule has 1 aliphatic rings. The maximum atomic E-state index is 13.9. The zero-order valence-electron chi connectivity index (χ0n) is 15.7. The molecular formula is C23H13Cl3FNO3. The average Bonchev–Trinajstić information content (AvgIpc) is 3.01. The number of aliphatic hydroxyl groups excluding tert-OH is 1. The number of rotatable bonds is 3. The molecule has 1 saturated heterocycles. The Morgan fingerprint density at radius 2 is 1.61 bits per heavy atom. The molecule has 1 amide bonds. The second-order valence-corrected chi connectivity index (χ2v) is 8.08. The number of amides is 1. The average molecular weight is 477 g/mol. The van der Waals surface area contributed by atoms with Crippen LogP contribution in [0.1, 0.15) is 17.2 Å². The first-order chi connectivity index (χ1) is 14.8. The summed E-state index contributed by atoms with van der Waals surface area (Å²) in [5, 5.41) is 11.9. The van der Waals surface area contributed by atoms with E-state index in [1.807, 2.05) is 0 Å². The standard InChI is InChI=1S/C23H13Cl3FNO3/c24-14-7-4-12(5-8-14)20-19(21(29)13-6-9-17(25)18(26)10-13)22(30)23(31)28(20)16-3-1-2-15(27)11-16/h1-11,20,29H/b21-19+. The molecule has 0 aliphatic carbocycles. The Bertz CT molecular complexity index is 1240. The fourth-order valence-corrected chi connectivity index (χ4v) is 3.91. The third kappa shape index (κ3) is 3.92. The van der Waals surface area contributed by atoms with Gasteiger partial charge in [0.05, 0.1) is 21.7 Å². The van der Waals surface area contributed by atoms with Gasteiger partial charge in [-0.25, -0.2) is 4.39 Å². The zero-order valence-corrected chi connectivity index (χ0v) is 17.9. The Balaban J connectivity index is 1.96. The van der Waals surface area contributed by atoms with E-state index < -0.39 is 29.3 Å². The van der Waals surface area contributed by atoms with Gasteiger partial charge in [0.2, 0.25) is 0 Å². The second-order valence-electron chi connectivity index (χ2n) is 6.83. The maximum Gasteiger partial charge on any atom is 0.300 e. The lowest BCUT2D eigenvalue weighted by Gasteiger charge is -2.25. The summed E-state index contributed by atoms with van der Waals surface area (Å²) in [5.41, 5.74) is 0.741. The van der Waals surface area contributed by atoms with Gasteiger partial charge in [-0.2, -0.15) is 0 Å². The summed E-state index contributed by atoms with van der Waals surface area (Å²) in [5.74, 6) is -2.80. The number of anilines is 1. The Hall–Kier alpha value is -2.86. The van der Waals surface area contributed by atoms with E-state index in [9.17, 15) is 19.1 Å². The molecule has 0 aromatic heterocycles. The summed E-state index contributed by atoms with van der Waals surface area (Å²) in [6.45, 7) is 0. The van der Waals surface area contributed by atoms with Crippen LogP contribution >= 0.6 is 34.8 Å². The number of halogens is 4. The molecule has 1 N–H and O–H groups in total. The predicted octanol–water partition coefficient (Wildman–Crippen LogP) is 6.41. The quantitative estimate of drug-likeness (QED) is 0.270. The lowest BCUT2D eigenvalue weighted by atomic mass is 9.95. The fourth-order valence-electron chi connectivity index (χ4n) is 3.48. The van der Waals surface area contributed by atoms with Gasteiger partial charge in [0.25, 0.3) is 11.7 Å². The van der Waals surface area contributed by atoms with Crippen molar-refractivity contribution in [3.63, 3.8) is 0 Å². The van der Waals surface area contributed by atoms with Crippen LogP contribution in [-0.2, 0) is 9.59 Å². The molecule has 3 aromatic carbocycles. The van der Waals surface area contributed by atoms with Gasteiger partial charge in [-0.05, 0) is 54.1 Å². The summed E-state index contributed by atoms with van der Waals surface area (Å²) >= 11 is 18.0.